The van der Waals surface area contributed by atoms with Crippen LogP contribution in [0.15, 0.2) is 42.5 Å². The predicted molar refractivity (Wildman–Crippen MR) is 76.9 cm³/mol. The molecule has 0 radical (unpaired) electrons. The molecule has 2 aromatic rings. The summed E-state index contributed by atoms with van der Waals surface area (Å²) in [4.78, 5) is 22.5. The van der Waals surface area contributed by atoms with Crippen LogP contribution in [0, 0.1) is 10.1 Å². The lowest BCUT2D eigenvalue weighted by Crippen LogP contribution is -2.20. The number of nitro benzene ring substituents is 1. The van der Waals surface area contributed by atoms with E-state index in [1.807, 2.05) is 0 Å². The molecule has 0 spiro atoms. The zero-order valence-corrected chi connectivity index (χ0v) is 11.5. The van der Waals surface area contributed by atoms with Gasteiger partial charge < -0.3 is 4.74 Å². The molecule has 0 fully saturated rings. The number of ketones is 1. The van der Waals surface area contributed by atoms with Crippen molar-refractivity contribution in [3.63, 3.8) is 0 Å². The monoisotopic (exact) mass is 303 g/mol. The maximum absolute atomic E-state index is 12.1. The van der Waals surface area contributed by atoms with Gasteiger partial charge in [0.25, 0.3) is 5.69 Å². The molecule has 0 saturated heterocycles. The third-order valence-corrected chi connectivity index (χ3v) is 3.69. The maximum atomic E-state index is 12.1. The van der Waals surface area contributed by atoms with Crippen molar-refractivity contribution in [2.75, 3.05) is 0 Å². The lowest BCUT2D eigenvalue weighted by molar-refractivity contribution is -0.384. The highest BCUT2D eigenvalue weighted by Gasteiger charge is 2.28. The Balaban J connectivity index is 1.98. The zero-order chi connectivity index (χ0) is 15.0. The number of rotatable bonds is 2. The summed E-state index contributed by atoms with van der Waals surface area (Å²) in [5, 5.41) is 11.0. The molecule has 1 heterocycles. The standard InChI is InChI=1S/C15H10ClNO4/c16-11-6-5-9(7-12(11)17(19)20)15-8-13(18)10-3-1-2-4-14(10)21-15/h1-7,15H,8H2. The number of nitrogens with zero attached hydrogens (tertiary/aromatic N) is 1. The Hall–Kier alpha value is -2.40. The van der Waals surface area contributed by atoms with E-state index < -0.39 is 11.0 Å². The Morgan fingerprint density at radius 1 is 1.24 bits per heavy atom. The Kier molecular flexibility index (Phi) is 3.35. The number of hydrogen-bond donors (Lipinski definition) is 0. The fourth-order valence-corrected chi connectivity index (χ4v) is 2.52. The Labute approximate surface area is 125 Å². The predicted octanol–water partition coefficient (Wildman–Crippen LogP) is 3.95. The smallest absolute Gasteiger partial charge is 0.288 e. The number of para-hydroxylation sites is 1. The number of carbonyl (C=O) groups excluding carboxylic acids is 1. The topological polar surface area (TPSA) is 69.4 Å². The van der Waals surface area contributed by atoms with Crippen LogP contribution >= 0.6 is 11.6 Å². The van der Waals surface area contributed by atoms with Crippen molar-refractivity contribution in [3.8, 4) is 5.75 Å². The Morgan fingerprint density at radius 3 is 2.76 bits per heavy atom. The van der Waals surface area contributed by atoms with Crippen LogP contribution in [0.4, 0.5) is 5.69 Å². The molecule has 1 aliphatic rings. The third kappa shape index (κ3) is 2.48. The summed E-state index contributed by atoms with van der Waals surface area (Å²) in [7, 11) is 0. The molecule has 3 rings (SSSR count). The highest BCUT2D eigenvalue weighted by atomic mass is 35.5. The number of fused-ring (bicyclic) bond motifs is 1. The zero-order valence-electron chi connectivity index (χ0n) is 10.8. The molecule has 1 unspecified atom stereocenters. The van der Waals surface area contributed by atoms with Crippen LogP contribution < -0.4 is 4.74 Å². The summed E-state index contributed by atoms with van der Waals surface area (Å²) < 4.78 is 5.78. The second kappa shape index (κ2) is 5.18. The van der Waals surface area contributed by atoms with Gasteiger partial charge in [0.05, 0.1) is 16.9 Å². The van der Waals surface area contributed by atoms with Crippen molar-refractivity contribution in [1.29, 1.82) is 0 Å². The molecule has 2 aromatic carbocycles. The molecule has 1 atom stereocenters. The molecule has 0 amide bonds. The van der Waals surface area contributed by atoms with Crippen LogP contribution in [0.5, 0.6) is 5.75 Å². The Bertz CT molecular complexity index is 744. The lowest BCUT2D eigenvalue weighted by atomic mass is 9.96. The number of ether oxygens (including phenoxy) is 1. The van der Waals surface area contributed by atoms with Gasteiger partial charge in [0.1, 0.15) is 16.9 Å². The van der Waals surface area contributed by atoms with Crippen LogP contribution in [0.25, 0.3) is 0 Å². The van der Waals surface area contributed by atoms with Gasteiger partial charge in [0.15, 0.2) is 5.78 Å². The first-order valence-electron chi connectivity index (χ1n) is 6.29. The van der Waals surface area contributed by atoms with E-state index in [1.54, 1.807) is 30.3 Å². The minimum Gasteiger partial charge on any atom is -0.484 e. The van der Waals surface area contributed by atoms with Crippen LogP contribution in [0.2, 0.25) is 5.02 Å². The van der Waals surface area contributed by atoms with E-state index in [9.17, 15) is 14.9 Å². The van der Waals surface area contributed by atoms with Crippen molar-refractivity contribution < 1.29 is 14.5 Å². The average Bonchev–Trinajstić information content (AvgIpc) is 2.47. The first-order chi connectivity index (χ1) is 10.1. The highest BCUT2D eigenvalue weighted by molar-refractivity contribution is 6.32. The van der Waals surface area contributed by atoms with E-state index in [4.69, 9.17) is 16.3 Å². The van der Waals surface area contributed by atoms with Crippen LogP contribution in [-0.2, 0) is 0 Å². The SMILES string of the molecule is O=C1CC(c2ccc(Cl)c([N+](=O)[O-])c2)Oc2ccccc21. The molecule has 0 aliphatic carbocycles. The quantitative estimate of drug-likeness (QED) is 0.622. The largest absolute Gasteiger partial charge is 0.484 e. The number of halogens is 1. The molecule has 0 aromatic heterocycles. The molecule has 0 saturated carbocycles. The summed E-state index contributed by atoms with van der Waals surface area (Å²) in [5.41, 5.74) is 0.912. The number of carbonyl (C=O) groups is 1. The second-order valence-electron chi connectivity index (χ2n) is 4.70. The van der Waals surface area contributed by atoms with Crippen LogP contribution in [0.1, 0.15) is 28.4 Å². The van der Waals surface area contributed by atoms with Gasteiger partial charge in [-0.1, -0.05) is 29.8 Å². The van der Waals surface area contributed by atoms with E-state index in [-0.39, 0.29) is 22.9 Å². The van der Waals surface area contributed by atoms with Gasteiger partial charge in [-0.15, -0.1) is 0 Å². The van der Waals surface area contributed by atoms with Crippen molar-refractivity contribution >= 4 is 23.1 Å². The van der Waals surface area contributed by atoms with Crippen molar-refractivity contribution in [2.24, 2.45) is 0 Å². The molecule has 6 heteroatoms. The summed E-state index contributed by atoms with van der Waals surface area (Å²) in [5.74, 6) is 0.454. The number of nitro groups is 1. The van der Waals surface area contributed by atoms with Gasteiger partial charge in [0, 0.05) is 6.07 Å². The summed E-state index contributed by atoms with van der Waals surface area (Å²) in [6, 6.07) is 11.4. The van der Waals surface area contributed by atoms with Gasteiger partial charge >= 0.3 is 0 Å². The summed E-state index contributed by atoms with van der Waals surface area (Å²) in [6.45, 7) is 0. The molecule has 106 valence electrons. The molecule has 5 nitrogen and oxygen atoms in total. The van der Waals surface area contributed by atoms with Gasteiger partial charge in [-0.2, -0.15) is 0 Å². The minimum atomic E-state index is -0.551. The highest BCUT2D eigenvalue weighted by Crippen LogP contribution is 2.36. The van der Waals surface area contributed by atoms with Crippen LogP contribution in [0.3, 0.4) is 0 Å². The number of hydrogen-bond acceptors (Lipinski definition) is 4. The number of Topliss-reactive ketones (excluding diaryl/α,β-unsaturated/α-hetero) is 1. The first-order valence-corrected chi connectivity index (χ1v) is 6.67. The van der Waals surface area contributed by atoms with E-state index in [2.05, 4.69) is 0 Å². The van der Waals surface area contributed by atoms with Gasteiger partial charge in [0.2, 0.25) is 0 Å². The molecule has 0 bridgehead atoms. The first kappa shape index (κ1) is 13.6. The lowest BCUT2D eigenvalue weighted by Gasteiger charge is -2.25. The van der Waals surface area contributed by atoms with Crippen molar-refractivity contribution in [3.05, 3.63) is 68.7 Å². The van der Waals surface area contributed by atoms with Gasteiger partial charge in [-0.25, -0.2) is 0 Å². The molecule has 21 heavy (non-hydrogen) atoms. The van der Waals surface area contributed by atoms with Crippen LogP contribution in [-0.4, -0.2) is 10.7 Å². The van der Waals surface area contributed by atoms with Crippen molar-refractivity contribution in [2.45, 2.75) is 12.5 Å². The normalized spacial score (nSPS) is 17.0. The van der Waals surface area contributed by atoms with E-state index in [1.165, 1.54) is 12.1 Å². The molecular weight excluding hydrogens is 294 g/mol. The maximum Gasteiger partial charge on any atom is 0.288 e. The van der Waals surface area contributed by atoms with Gasteiger partial charge in [-0.3, -0.25) is 14.9 Å². The van der Waals surface area contributed by atoms with Gasteiger partial charge in [-0.05, 0) is 23.8 Å². The molecule has 0 N–H and O–H groups in total. The minimum absolute atomic E-state index is 0.0422. The van der Waals surface area contributed by atoms with E-state index >= 15 is 0 Å². The average molecular weight is 304 g/mol. The van der Waals surface area contributed by atoms with E-state index in [0.717, 1.165) is 0 Å². The molecule has 1 aliphatic heterocycles. The van der Waals surface area contributed by atoms with E-state index in [0.29, 0.717) is 16.9 Å². The number of benzene rings is 2. The molecular formula is C15H10ClNO4. The fourth-order valence-electron chi connectivity index (χ4n) is 2.33. The third-order valence-electron chi connectivity index (χ3n) is 3.37. The fraction of sp³-hybridized carbons (Fsp3) is 0.133. The second-order valence-corrected chi connectivity index (χ2v) is 5.11. The summed E-state index contributed by atoms with van der Waals surface area (Å²) >= 11 is 5.79. The Morgan fingerprint density at radius 2 is 2.00 bits per heavy atom. The summed E-state index contributed by atoms with van der Waals surface area (Å²) in [6.07, 6.45) is -0.390. The van der Waals surface area contributed by atoms with Crippen molar-refractivity contribution in [1.82, 2.24) is 0 Å².